The standard InChI is InChI=1S/C15H18N6O2S/c1-19-6-2-12(17-19)21-9-5-15(14(21)23)3-7-20(8-4-15)13(22)11-10-24-18-16-11/h2,6,10H,3-5,7-9H2,1H3. The number of carbonyl (C=O) groups is 2. The molecule has 0 aromatic carbocycles. The quantitative estimate of drug-likeness (QED) is 0.808. The van der Waals surface area contributed by atoms with E-state index in [1.54, 1.807) is 19.9 Å². The van der Waals surface area contributed by atoms with Crippen LogP contribution in [0.3, 0.4) is 0 Å². The van der Waals surface area contributed by atoms with Crippen LogP contribution in [0, 0.1) is 5.41 Å². The number of amides is 2. The van der Waals surface area contributed by atoms with Crippen LogP contribution in [0.25, 0.3) is 0 Å². The lowest BCUT2D eigenvalue weighted by Gasteiger charge is -2.37. The number of likely N-dealkylation sites (tertiary alicyclic amines) is 1. The number of aryl methyl sites for hydroxylation is 1. The van der Waals surface area contributed by atoms with E-state index in [1.807, 2.05) is 19.3 Å². The first-order valence-electron chi connectivity index (χ1n) is 7.97. The Balaban J connectivity index is 1.45. The van der Waals surface area contributed by atoms with Crippen molar-refractivity contribution in [2.75, 3.05) is 24.5 Å². The van der Waals surface area contributed by atoms with E-state index in [1.165, 1.54) is 11.5 Å². The topological polar surface area (TPSA) is 84.2 Å². The van der Waals surface area contributed by atoms with Crippen molar-refractivity contribution < 1.29 is 9.59 Å². The average molecular weight is 346 g/mol. The molecule has 2 aliphatic heterocycles. The van der Waals surface area contributed by atoms with Gasteiger partial charge in [-0.2, -0.15) is 5.10 Å². The van der Waals surface area contributed by atoms with Crippen LogP contribution in [0.2, 0.25) is 0 Å². The summed E-state index contributed by atoms with van der Waals surface area (Å²) in [5.74, 6) is 0.765. The van der Waals surface area contributed by atoms with Crippen molar-refractivity contribution in [1.82, 2.24) is 24.3 Å². The molecule has 2 aromatic heterocycles. The second-order valence-electron chi connectivity index (χ2n) is 6.42. The van der Waals surface area contributed by atoms with Gasteiger partial charge in [-0.3, -0.25) is 19.2 Å². The first kappa shape index (κ1) is 15.3. The zero-order valence-corrected chi connectivity index (χ0v) is 14.2. The van der Waals surface area contributed by atoms with Gasteiger partial charge in [0.15, 0.2) is 11.5 Å². The van der Waals surface area contributed by atoms with Crippen LogP contribution < -0.4 is 4.90 Å². The predicted molar refractivity (Wildman–Crippen MR) is 87.7 cm³/mol. The monoisotopic (exact) mass is 346 g/mol. The van der Waals surface area contributed by atoms with Crippen LogP contribution >= 0.6 is 11.5 Å². The van der Waals surface area contributed by atoms with Crippen LogP contribution in [0.1, 0.15) is 29.8 Å². The van der Waals surface area contributed by atoms with Crippen molar-refractivity contribution in [2.45, 2.75) is 19.3 Å². The molecule has 2 aromatic rings. The van der Waals surface area contributed by atoms with Gasteiger partial charge in [0.1, 0.15) is 0 Å². The number of piperidine rings is 1. The van der Waals surface area contributed by atoms with Gasteiger partial charge in [-0.25, -0.2) is 0 Å². The van der Waals surface area contributed by atoms with Gasteiger partial charge in [-0.15, -0.1) is 5.10 Å². The van der Waals surface area contributed by atoms with Gasteiger partial charge in [0.25, 0.3) is 5.91 Å². The molecule has 0 N–H and O–H groups in total. The summed E-state index contributed by atoms with van der Waals surface area (Å²) in [6.45, 7) is 1.86. The fourth-order valence-corrected chi connectivity index (χ4v) is 4.04. The third-order valence-corrected chi connectivity index (χ3v) is 5.58. The Bertz CT molecular complexity index is 763. The number of rotatable bonds is 2. The highest BCUT2D eigenvalue weighted by Gasteiger charge is 2.49. The van der Waals surface area contributed by atoms with Gasteiger partial charge in [0.05, 0.1) is 5.41 Å². The smallest absolute Gasteiger partial charge is 0.275 e. The van der Waals surface area contributed by atoms with Crippen molar-refractivity contribution in [3.05, 3.63) is 23.3 Å². The summed E-state index contributed by atoms with van der Waals surface area (Å²) in [4.78, 5) is 28.9. The fourth-order valence-electron chi connectivity index (χ4n) is 3.61. The molecule has 1 spiro atoms. The number of nitrogens with zero attached hydrogens (tertiary/aromatic N) is 6. The van der Waals surface area contributed by atoms with Gasteiger partial charge < -0.3 is 4.90 Å². The van der Waals surface area contributed by atoms with Crippen molar-refractivity contribution in [1.29, 1.82) is 0 Å². The minimum atomic E-state index is -0.353. The number of anilines is 1. The molecule has 0 atom stereocenters. The lowest BCUT2D eigenvalue weighted by molar-refractivity contribution is -0.127. The predicted octanol–water partition coefficient (Wildman–Crippen LogP) is 0.931. The van der Waals surface area contributed by atoms with Crippen molar-refractivity contribution in [3.8, 4) is 0 Å². The summed E-state index contributed by atoms with van der Waals surface area (Å²) in [5.41, 5.74) is 0.0399. The molecule has 2 aliphatic rings. The van der Waals surface area contributed by atoms with Crippen LogP contribution in [0.15, 0.2) is 17.6 Å². The lowest BCUT2D eigenvalue weighted by Crippen LogP contribution is -2.46. The third kappa shape index (κ3) is 2.39. The molecule has 2 saturated heterocycles. The maximum Gasteiger partial charge on any atom is 0.275 e. The largest absolute Gasteiger partial charge is 0.337 e. The molecule has 24 heavy (non-hydrogen) atoms. The molecular weight excluding hydrogens is 328 g/mol. The zero-order chi connectivity index (χ0) is 16.7. The molecule has 8 nitrogen and oxygen atoms in total. The highest BCUT2D eigenvalue weighted by Crippen LogP contribution is 2.42. The summed E-state index contributed by atoms with van der Waals surface area (Å²) in [5, 5.41) is 9.85. The number of hydrogen-bond donors (Lipinski definition) is 0. The number of aromatic nitrogens is 4. The molecule has 4 heterocycles. The first-order valence-corrected chi connectivity index (χ1v) is 8.81. The molecule has 126 valence electrons. The van der Waals surface area contributed by atoms with Gasteiger partial charge in [0, 0.05) is 44.3 Å². The Morgan fingerprint density at radius 1 is 1.25 bits per heavy atom. The molecule has 0 unspecified atom stereocenters. The molecule has 0 aliphatic carbocycles. The summed E-state index contributed by atoms with van der Waals surface area (Å²) in [7, 11) is 1.84. The highest BCUT2D eigenvalue weighted by atomic mass is 32.1. The molecule has 2 amide bonds. The average Bonchev–Trinajstić information content (AvgIpc) is 3.31. The molecule has 9 heteroatoms. The Labute approximate surface area is 143 Å². The van der Waals surface area contributed by atoms with E-state index in [9.17, 15) is 9.59 Å². The van der Waals surface area contributed by atoms with E-state index < -0.39 is 0 Å². The second kappa shape index (κ2) is 5.66. The minimum absolute atomic E-state index is 0.0920. The van der Waals surface area contributed by atoms with E-state index >= 15 is 0 Å². The van der Waals surface area contributed by atoms with Crippen LogP contribution in [-0.2, 0) is 11.8 Å². The second-order valence-corrected chi connectivity index (χ2v) is 7.03. The van der Waals surface area contributed by atoms with Crippen molar-refractivity contribution in [3.63, 3.8) is 0 Å². The minimum Gasteiger partial charge on any atom is -0.337 e. The Morgan fingerprint density at radius 3 is 2.62 bits per heavy atom. The highest BCUT2D eigenvalue weighted by molar-refractivity contribution is 7.03. The summed E-state index contributed by atoms with van der Waals surface area (Å²) < 4.78 is 5.45. The Hall–Kier alpha value is -2.29. The lowest BCUT2D eigenvalue weighted by atomic mass is 9.77. The number of hydrogen-bond acceptors (Lipinski definition) is 6. The molecule has 0 bridgehead atoms. The van der Waals surface area contributed by atoms with Gasteiger partial charge >= 0.3 is 0 Å². The maximum absolute atomic E-state index is 12.9. The molecule has 0 radical (unpaired) electrons. The van der Waals surface area contributed by atoms with E-state index in [-0.39, 0.29) is 17.2 Å². The number of carbonyl (C=O) groups excluding carboxylic acids is 2. The zero-order valence-electron chi connectivity index (χ0n) is 13.4. The summed E-state index contributed by atoms with van der Waals surface area (Å²) in [6.07, 6.45) is 4.05. The van der Waals surface area contributed by atoms with Crippen LogP contribution in [0.5, 0.6) is 0 Å². The molecule has 2 fully saturated rings. The van der Waals surface area contributed by atoms with Crippen molar-refractivity contribution in [2.24, 2.45) is 12.5 Å². The van der Waals surface area contributed by atoms with Crippen molar-refractivity contribution >= 4 is 29.2 Å². The molecule has 4 rings (SSSR count). The third-order valence-electron chi connectivity index (χ3n) is 5.08. The maximum atomic E-state index is 12.9. The first-order chi connectivity index (χ1) is 11.6. The van der Waals surface area contributed by atoms with Gasteiger partial charge in [-0.1, -0.05) is 4.49 Å². The normalized spacial score (nSPS) is 20.1. The van der Waals surface area contributed by atoms with E-state index in [4.69, 9.17) is 0 Å². The summed E-state index contributed by atoms with van der Waals surface area (Å²) >= 11 is 1.17. The van der Waals surface area contributed by atoms with E-state index in [2.05, 4.69) is 14.7 Å². The SMILES string of the molecule is Cn1ccc(N2CCC3(CCN(C(=O)c4csnn4)CC3)C2=O)n1. The molecule has 0 saturated carbocycles. The van der Waals surface area contributed by atoms with Crippen LogP contribution in [-0.4, -0.2) is 55.7 Å². The van der Waals surface area contributed by atoms with Crippen LogP contribution in [0.4, 0.5) is 5.82 Å². The fraction of sp³-hybridized carbons (Fsp3) is 0.533. The Morgan fingerprint density at radius 2 is 2.00 bits per heavy atom. The summed E-state index contributed by atoms with van der Waals surface area (Å²) in [6, 6.07) is 1.87. The van der Waals surface area contributed by atoms with Gasteiger partial charge in [-0.05, 0) is 30.8 Å². The van der Waals surface area contributed by atoms with E-state index in [0.717, 1.165) is 6.42 Å². The Kier molecular flexibility index (Phi) is 3.60. The van der Waals surface area contributed by atoms with E-state index in [0.29, 0.717) is 44.0 Å². The van der Waals surface area contributed by atoms with Gasteiger partial charge in [0.2, 0.25) is 5.91 Å². The molecular formula is C15H18N6O2S.